The van der Waals surface area contributed by atoms with Crippen LogP contribution in [0.15, 0.2) is 24.4 Å². The summed E-state index contributed by atoms with van der Waals surface area (Å²) in [5, 5.41) is 5.98. The van der Waals surface area contributed by atoms with Crippen LogP contribution in [-0.2, 0) is 0 Å². The number of fused-ring (bicyclic) bond motifs is 1. The van der Waals surface area contributed by atoms with E-state index in [0.29, 0.717) is 5.02 Å². The molecule has 1 aliphatic rings. The van der Waals surface area contributed by atoms with Gasteiger partial charge >= 0.3 is 0 Å². The first kappa shape index (κ1) is 11.6. The number of pyridine rings is 1. The molecule has 94 valence electrons. The number of benzene rings is 1. The number of rotatable bonds is 1. The summed E-state index contributed by atoms with van der Waals surface area (Å²) in [6.45, 7) is 3.82. The number of nitrogens with zero attached hydrogens (tertiary/aromatic N) is 2. The molecule has 4 nitrogen and oxygen atoms in total. The highest BCUT2D eigenvalue weighted by Gasteiger charge is 2.16. The topological polar surface area (TPSA) is 54.2 Å². The maximum Gasteiger partial charge on any atom is 0.138 e. The van der Waals surface area contributed by atoms with Crippen molar-refractivity contribution in [2.45, 2.75) is 0 Å². The van der Waals surface area contributed by atoms with E-state index in [0.717, 1.165) is 48.5 Å². The van der Waals surface area contributed by atoms with Crippen molar-refractivity contribution >= 4 is 33.9 Å². The van der Waals surface area contributed by atoms with Gasteiger partial charge in [0.15, 0.2) is 0 Å². The summed E-state index contributed by atoms with van der Waals surface area (Å²) in [5.41, 5.74) is 6.75. The number of hydrogen-bond donors (Lipinski definition) is 2. The fourth-order valence-electron chi connectivity index (χ4n) is 2.38. The minimum Gasteiger partial charge on any atom is -0.398 e. The molecular weight excluding hydrogens is 248 g/mol. The average Bonchev–Trinajstić information content (AvgIpc) is 2.43. The van der Waals surface area contributed by atoms with Crippen LogP contribution in [0, 0.1) is 0 Å². The molecule has 0 spiro atoms. The number of hydrogen-bond acceptors (Lipinski definition) is 4. The van der Waals surface area contributed by atoms with E-state index in [1.807, 2.05) is 18.2 Å². The SMILES string of the molecule is Nc1ccc(Cl)c2c(N3CCNCC3)nccc12. The maximum atomic E-state index is 6.32. The van der Waals surface area contributed by atoms with Crippen LogP contribution >= 0.6 is 11.6 Å². The van der Waals surface area contributed by atoms with Crippen molar-refractivity contribution < 1.29 is 0 Å². The van der Waals surface area contributed by atoms with Crippen LogP contribution in [0.25, 0.3) is 10.8 Å². The minimum absolute atomic E-state index is 0.709. The van der Waals surface area contributed by atoms with Crippen molar-refractivity contribution in [1.82, 2.24) is 10.3 Å². The van der Waals surface area contributed by atoms with Gasteiger partial charge in [-0.2, -0.15) is 0 Å². The summed E-state index contributed by atoms with van der Waals surface area (Å²) in [6, 6.07) is 5.60. The average molecular weight is 263 g/mol. The lowest BCUT2D eigenvalue weighted by Crippen LogP contribution is -2.44. The highest BCUT2D eigenvalue weighted by Crippen LogP contribution is 2.34. The van der Waals surface area contributed by atoms with Gasteiger partial charge in [0.1, 0.15) is 5.82 Å². The lowest BCUT2D eigenvalue weighted by molar-refractivity contribution is 0.586. The van der Waals surface area contributed by atoms with Crippen molar-refractivity contribution in [2.75, 3.05) is 36.8 Å². The van der Waals surface area contributed by atoms with Gasteiger partial charge in [0.2, 0.25) is 0 Å². The zero-order chi connectivity index (χ0) is 12.5. The molecule has 5 heteroatoms. The minimum atomic E-state index is 0.709. The van der Waals surface area contributed by atoms with Crippen LogP contribution < -0.4 is 16.0 Å². The third-order valence-electron chi connectivity index (χ3n) is 3.31. The zero-order valence-electron chi connectivity index (χ0n) is 9.99. The van der Waals surface area contributed by atoms with Crippen LogP contribution in [0.5, 0.6) is 0 Å². The smallest absolute Gasteiger partial charge is 0.138 e. The fourth-order valence-corrected chi connectivity index (χ4v) is 2.63. The number of halogens is 1. The number of nitrogens with two attached hydrogens (primary N) is 1. The summed E-state index contributed by atoms with van der Waals surface area (Å²) in [7, 11) is 0. The number of aromatic nitrogens is 1. The normalized spacial score (nSPS) is 16.2. The molecule has 3 rings (SSSR count). The van der Waals surface area contributed by atoms with Crippen LogP contribution in [0.3, 0.4) is 0 Å². The maximum absolute atomic E-state index is 6.32. The molecule has 0 radical (unpaired) electrons. The molecule has 0 atom stereocenters. The van der Waals surface area contributed by atoms with Gasteiger partial charge in [-0.3, -0.25) is 0 Å². The van der Waals surface area contributed by atoms with Gasteiger partial charge < -0.3 is 16.0 Å². The second kappa shape index (κ2) is 4.63. The Morgan fingerprint density at radius 1 is 1.22 bits per heavy atom. The van der Waals surface area contributed by atoms with Gasteiger partial charge in [0.25, 0.3) is 0 Å². The Balaban J connectivity index is 2.19. The molecule has 0 amide bonds. The van der Waals surface area contributed by atoms with Crippen molar-refractivity contribution in [2.24, 2.45) is 0 Å². The van der Waals surface area contributed by atoms with E-state index in [1.165, 1.54) is 0 Å². The van der Waals surface area contributed by atoms with Crippen LogP contribution in [0.4, 0.5) is 11.5 Å². The standard InChI is InChI=1S/C13H15ClN4/c14-10-1-2-11(15)9-3-4-17-13(12(9)10)18-7-5-16-6-8-18/h1-4,16H,5-8,15H2. The number of nitrogen functional groups attached to an aromatic ring is 1. The quantitative estimate of drug-likeness (QED) is 0.771. The molecule has 0 bridgehead atoms. The Kier molecular flexibility index (Phi) is 2.97. The van der Waals surface area contributed by atoms with E-state index >= 15 is 0 Å². The second-order valence-electron chi connectivity index (χ2n) is 4.43. The number of piperazine rings is 1. The van der Waals surface area contributed by atoms with E-state index in [1.54, 1.807) is 6.20 Å². The van der Waals surface area contributed by atoms with Gasteiger partial charge in [-0.25, -0.2) is 4.98 Å². The first-order valence-corrected chi connectivity index (χ1v) is 6.43. The summed E-state index contributed by atoms with van der Waals surface area (Å²) in [4.78, 5) is 6.74. The molecule has 0 aliphatic carbocycles. The molecule has 1 saturated heterocycles. The van der Waals surface area contributed by atoms with Crippen molar-refractivity contribution in [3.8, 4) is 0 Å². The monoisotopic (exact) mass is 262 g/mol. The predicted molar refractivity (Wildman–Crippen MR) is 76.2 cm³/mol. The summed E-state index contributed by atoms with van der Waals surface area (Å²) in [5.74, 6) is 0.936. The first-order chi connectivity index (χ1) is 8.77. The first-order valence-electron chi connectivity index (χ1n) is 6.06. The van der Waals surface area contributed by atoms with Gasteiger partial charge in [-0.1, -0.05) is 11.6 Å². The molecule has 2 aromatic rings. The Bertz CT molecular complexity index is 578. The lowest BCUT2D eigenvalue weighted by Gasteiger charge is -2.29. The molecule has 1 aliphatic heterocycles. The van der Waals surface area contributed by atoms with Gasteiger partial charge in [-0.05, 0) is 18.2 Å². The van der Waals surface area contributed by atoms with Crippen LogP contribution in [0.1, 0.15) is 0 Å². The number of nitrogens with one attached hydrogen (secondary N) is 1. The van der Waals surface area contributed by atoms with Crippen molar-refractivity contribution in [1.29, 1.82) is 0 Å². The largest absolute Gasteiger partial charge is 0.398 e. The van der Waals surface area contributed by atoms with Gasteiger partial charge in [0.05, 0.1) is 5.02 Å². The summed E-state index contributed by atoms with van der Waals surface area (Å²) in [6.07, 6.45) is 1.80. The van der Waals surface area contributed by atoms with E-state index < -0.39 is 0 Å². The molecule has 0 unspecified atom stereocenters. The third kappa shape index (κ3) is 1.87. The molecule has 0 saturated carbocycles. The van der Waals surface area contributed by atoms with Crippen molar-refractivity contribution in [3.05, 3.63) is 29.4 Å². The van der Waals surface area contributed by atoms with Crippen molar-refractivity contribution in [3.63, 3.8) is 0 Å². The summed E-state index contributed by atoms with van der Waals surface area (Å²) < 4.78 is 0. The fraction of sp³-hybridized carbons (Fsp3) is 0.308. The van der Waals surface area contributed by atoms with E-state index in [4.69, 9.17) is 17.3 Å². The Hall–Kier alpha value is -1.52. The highest BCUT2D eigenvalue weighted by molar-refractivity contribution is 6.37. The van der Waals surface area contributed by atoms with E-state index in [-0.39, 0.29) is 0 Å². The Morgan fingerprint density at radius 2 is 2.00 bits per heavy atom. The Morgan fingerprint density at radius 3 is 2.78 bits per heavy atom. The van der Waals surface area contributed by atoms with E-state index in [2.05, 4.69) is 15.2 Å². The predicted octanol–water partition coefficient (Wildman–Crippen LogP) is 1.88. The van der Waals surface area contributed by atoms with Gasteiger partial charge in [-0.15, -0.1) is 0 Å². The molecule has 2 heterocycles. The highest BCUT2D eigenvalue weighted by atomic mass is 35.5. The molecule has 1 fully saturated rings. The van der Waals surface area contributed by atoms with Gasteiger partial charge in [0, 0.05) is 48.8 Å². The summed E-state index contributed by atoms with van der Waals surface area (Å²) >= 11 is 6.32. The zero-order valence-corrected chi connectivity index (χ0v) is 10.7. The molecule has 1 aromatic heterocycles. The second-order valence-corrected chi connectivity index (χ2v) is 4.84. The molecular formula is C13H15ClN4. The molecule has 3 N–H and O–H groups in total. The lowest BCUT2D eigenvalue weighted by atomic mass is 10.1. The van der Waals surface area contributed by atoms with E-state index in [9.17, 15) is 0 Å². The third-order valence-corrected chi connectivity index (χ3v) is 3.62. The Labute approximate surface area is 111 Å². The van der Waals surface area contributed by atoms with Crippen LogP contribution in [-0.4, -0.2) is 31.2 Å². The number of anilines is 2. The molecule has 18 heavy (non-hydrogen) atoms. The van der Waals surface area contributed by atoms with Crippen LogP contribution in [0.2, 0.25) is 5.02 Å². The molecule has 1 aromatic carbocycles.